The highest BCUT2D eigenvalue weighted by Gasteiger charge is 2.24. The van der Waals surface area contributed by atoms with Crippen LogP contribution in [0.2, 0.25) is 0 Å². The summed E-state index contributed by atoms with van der Waals surface area (Å²) >= 11 is 0. The molecule has 2 aromatic rings. The highest BCUT2D eigenvalue weighted by Crippen LogP contribution is 2.24. The first kappa shape index (κ1) is 17.1. The molecule has 1 aliphatic rings. The lowest BCUT2D eigenvalue weighted by Crippen LogP contribution is -2.39. The van der Waals surface area contributed by atoms with Gasteiger partial charge in [0.05, 0.1) is 16.8 Å². The summed E-state index contributed by atoms with van der Waals surface area (Å²) < 4.78 is 5.39. The van der Waals surface area contributed by atoms with Gasteiger partial charge in [0, 0.05) is 24.7 Å². The van der Waals surface area contributed by atoms with Crippen LogP contribution in [0.5, 0.6) is 0 Å². The lowest BCUT2D eigenvalue weighted by atomic mass is 10.0. The van der Waals surface area contributed by atoms with Crippen LogP contribution in [0.25, 0.3) is 16.3 Å². The Morgan fingerprint density at radius 1 is 1.32 bits per heavy atom. The molecule has 132 valence electrons. The van der Waals surface area contributed by atoms with E-state index in [1.165, 1.54) is 0 Å². The Hall–Kier alpha value is -2.70. The molecule has 0 atom stereocenters. The number of rotatable bonds is 1. The van der Waals surface area contributed by atoms with Crippen molar-refractivity contribution in [1.29, 1.82) is 0 Å². The lowest BCUT2D eigenvalue weighted by Gasteiger charge is -2.29. The number of ether oxygens (including phenoxy) is 1. The first-order chi connectivity index (χ1) is 11.7. The van der Waals surface area contributed by atoms with E-state index in [0.717, 1.165) is 22.3 Å². The minimum absolute atomic E-state index is 0.226. The Labute approximate surface area is 145 Å². The Bertz CT molecular complexity index is 909. The maximum absolute atomic E-state index is 12.1. The molecule has 0 aromatic carbocycles. The summed E-state index contributed by atoms with van der Waals surface area (Å²) in [6.07, 6.45) is 4.00. The average molecular weight is 342 g/mol. The number of nitrogens with one attached hydrogen (secondary N) is 1. The van der Waals surface area contributed by atoms with E-state index in [9.17, 15) is 9.59 Å². The topological polar surface area (TPSA) is 88.2 Å². The number of carbonyl (C=O) groups is 1. The number of amides is 1. The van der Waals surface area contributed by atoms with Gasteiger partial charge < -0.3 is 9.64 Å². The van der Waals surface area contributed by atoms with E-state index in [1.54, 1.807) is 17.2 Å². The third kappa shape index (κ3) is 3.70. The molecular formula is C18H22N4O3. The number of aromatic amines is 1. The van der Waals surface area contributed by atoms with E-state index in [4.69, 9.17) is 4.74 Å². The SMILES string of the molecule is Cc1n[nH]c(=O)c2cc(C3=CCN(C(=O)OC(C)(C)C)CC3)ncc12. The van der Waals surface area contributed by atoms with Gasteiger partial charge in [-0.2, -0.15) is 5.10 Å². The molecule has 1 N–H and O–H groups in total. The van der Waals surface area contributed by atoms with Crippen molar-refractivity contribution >= 4 is 22.4 Å². The molecule has 0 bridgehead atoms. The van der Waals surface area contributed by atoms with Gasteiger partial charge in [0.15, 0.2) is 0 Å². The van der Waals surface area contributed by atoms with Crippen LogP contribution in [0.15, 0.2) is 23.1 Å². The number of H-pyrrole nitrogens is 1. The molecule has 3 rings (SSSR count). The minimum Gasteiger partial charge on any atom is -0.444 e. The van der Waals surface area contributed by atoms with Gasteiger partial charge in [-0.05, 0) is 45.8 Å². The molecule has 0 radical (unpaired) electrons. The van der Waals surface area contributed by atoms with Crippen LogP contribution in [-0.2, 0) is 4.74 Å². The fourth-order valence-electron chi connectivity index (χ4n) is 2.76. The van der Waals surface area contributed by atoms with Crippen LogP contribution in [0.1, 0.15) is 38.6 Å². The van der Waals surface area contributed by atoms with Gasteiger partial charge in [0.2, 0.25) is 0 Å². The number of carbonyl (C=O) groups excluding carboxylic acids is 1. The van der Waals surface area contributed by atoms with E-state index < -0.39 is 5.60 Å². The summed E-state index contributed by atoms with van der Waals surface area (Å²) in [7, 11) is 0. The Morgan fingerprint density at radius 2 is 2.08 bits per heavy atom. The summed E-state index contributed by atoms with van der Waals surface area (Å²) in [5, 5.41) is 7.78. The zero-order chi connectivity index (χ0) is 18.2. The quantitative estimate of drug-likeness (QED) is 0.861. The number of hydrogen-bond acceptors (Lipinski definition) is 5. The third-order valence-corrected chi connectivity index (χ3v) is 4.05. The van der Waals surface area contributed by atoms with Crippen LogP contribution in [-0.4, -0.2) is 44.9 Å². The van der Waals surface area contributed by atoms with Crippen molar-refractivity contribution in [3.05, 3.63) is 40.1 Å². The molecule has 0 saturated carbocycles. The number of pyridine rings is 1. The molecule has 0 aliphatic carbocycles. The Balaban J connectivity index is 1.82. The van der Waals surface area contributed by atoms with E-state index >= 15 is 0 Å². The summed E-state index contributed by atoms with van der Waals surface area (Å²) in [6, 6.07) is 1.79. The molecule has 0 unspecified atom stereocenters. The van der Waals surface area contributed by atoms with E-state index in [2.05, 4.69) is 15.2 Å². The molecule has 1 aliphatic heterocycles. The second kappa shape index (κ2) is 6.31. The van der Waals surface area contributed by atoms with Gasteiger partial charge in [0.1, 0.15) is 5.60 Å². The van der Waals surface area contributed by atoms with Crippen molar-refractivity contribution in [3.8, 4) is 0 Å². The first-order valence-corrected chi connectivity index (χ1v) is 8.27. The molecule has 0 saturated heterocycles. The maximum Gasteiger partial charge on any atom is 0.410 e. The smallest absolute Gasteiger partial charge is 0.410 e. The number of fused-ring (bicyclic) bond motifs is 1. The highest BCUT2D eigenvalue weighted by molar-refractivity contribution is 5.85. The summed E-state index contributed by atoms with van der Waals surface area (Å²) in [5.74, 6) is 0. The van der Waals surface area contributed by atoms with Crippen LogP contribution in [0.4, 0.5) is 4.79 Å². The van der Waals surface area contributed by atoms with Crippen molar-refractivity contribution in [3.63, 3.8) is 0 Å². The number of aryl methyl sites for hydroxylation is 1. The highest BCUT2D eigenvalue weighted by atomic mass is 16.6. The lowest BCUT2D eigenvalue weighted by molar-refractivity contribution is 0.0270. The van der Waals surface area contributed by atoms with Crippen LogP contribution < -0.4 is 5.56 Å². The fraction of sp³-hybridized carbons (Fsp3) is 0.444. The van der Waals surface area contributed by atoms with Crippen molar-refractivity contribution in [2.45, 2.75) is 39.7 Å². The normalized spacial score (nSPS) is 15.2. The molecule has 25 heavy (non-hydrogen) atoms. The Kier molecular flexibility index (Phi) is 4.32. The van der Waals surface area contributed by atoms with Crippen molar-refractivity contribution in [2.24, 2.45) is 0 Å². The molecule has 1 amide bonds. The largest absolute Gasteiger partial charge is 0.444 e. The molecule has 7 heteroatoms. The standard InChI is InChI=1S/C18H22N4O3/c1-11-14-10-19-15(9-13(14)16(23)21-20-11)12-5-7-22(8-6-12)17(24)25-18(2,3)4/h5,9-10H,6-8H2,1-4H3,(H,21,23). The van der Waals surface area contributed by atoms with E-state index in [-0.39, 0.29) is 11.7 Å². The van der Waals surface area contributed by atoms with Gasteiger partial charge in [-0.1, -0.05) is 6.08 Å². The second-order valence-electron chi connectivity index (χ2n) is 7.16. The molecule has 7 nitrogen and oxygen atoms in total. The summed E-state index contributed by atoms with van der Waals surface area (Å²) in [5.41, 5.74) is 1.79. The zero-order valence-corrected chi connectivity index (χ0v) is 14.9. The minimum atomic E-state index is -0.506. The number of hydrogen-bond donors (Lipinski definition) is 1. The Morgan fingerprint density at radius 3 is 2.72 bits per heavy atom. The van der Waals surface area contributed by atoms with Gasteiger partial charge in [0.25, 0.3) is 5.56 Å². The van der Waals surface area contributed by atoms with Gasteiger partial charge in [-0.15, -0.1) is 0 Å². The molecule has 0 spiro atoms. The van der Waals surface area contributed by atoms with E-state index in [1.807, 2.05) is 33.8 Å². The van der Waals surface area contributed by atoms with Crippen LogP contribution in [0.3, 0.4) is 0 Å². The average Bonchev–Trinajstić information content (AvgIpc) is 2.57. The third-order valence-electron chi connectivity index (χ3n) is 4.05. The van der Waals surface area contributed by atoms with Crippen LogP contribution >= 0.6 is 0 Å². The molecule has 3 heterocycles. The number of nitrogens with zero attached hydrogens (tertiary/aromatic N) is 3. The first-order valence-electron chi connectivity index (χ1n) is 8.27. The monoisotopic (exact) mass is 342 g/mol. The van der Waals surface area contributed by atoms with Crippen molar-refractivity contribution in [1.82, 2.24) is 20.1 Å². The van der Waals surface area contributed by atoms with Crippen molar-refractivity contribution in [2.75, 3.05) is 13.1 Å². The number of aromatic nitrogens is 3. The molecule has 0 fully saturated rings. The van der Waals surface area contributed by atoms with Gasteiger partial charge >= 0.3 is 6.09 Å². The predicted octanol–water partition coefficient (Wildman–Crippen LogP) is 2.65. The maximum atomic E-state index is 12.1. The zero-order valence-electron chi connectivity index (χ0n) is 14.9. The van der Waals surface area contributed by atoms with Crippen molar-refractivity contribution < 1.29 is 9.53 Å². The predicted molar refractivity (Wildman–Crippen MR) is 95.3 cm³/mol. The second-order valence-corrected chi connectivity index (χ2v) is 7.16. The van der Waals surface area contributed by atoms with Gasteiger partial charge in [-0.3, -0.25) is 9.78 Å². The van der Waals surface area contributed by atoms with Gasteiger partial charge in [-0.25, -0.2) is 9.89 Å². The fourth-order valence-corrected chi connectivity index (χ4v) is 2.76. The van der Waals surface area contributed by atoms with E-state index in [0.29, 0.717) is 24.9 Å². The summed E-state index contributed by atoms with van der Waals surface area (Å²) in [6.45, 7) is 8.41. The molecular weight excluding hydrogens is 320 g/mol. The molecule has 2 aromatic heterocycles. The van der Waals surface area contributed by atoms with Crippen LogP contribution in [0, 0.1) is 6.92 Å². The summed E-state index contributed by atoms with van der Waals surface area (Å²) in [4.78, 5) is 30.3.